The number of benzene rings is 2. The molecular formula is C49H68N4O11. The summed E-state index contributed by atoms with van der Waals surface area (Å²) in [5.41, 5.74) is 0.443. The Morgan fingerprint density at radius 2 is 1.66 bits per heavy atom. The van der Waals surface area contributed by atoms with Crippen molar-refractivity contribution in [3.8, 4) is 0 Å². The van der Waals surface area contributed by atoms with E-state index >= 15 is 4.79 Å². The van der Waals surface area contributed by atoms with Crippen LogP contribution in [0.15, 0.2) is 54.6 Å². The van der Waals surface area contributed by atoms with E-state index in [0.29, 0.717) is 24.0 Å². The number of hydrogen-bond acceptors (Lipinski definition) is 12. The molecule has 6 rings (SSSR count). The van der Waals surface area contributed by atoms with Gasteiger partial charge in [0.25, 0.3) is 5.91 Å². The molecule has 7 atom stereocenters. The van der Waals surface area contributed by atoms with Crippen LogP contribution < -0.4 is 10.6 Å². The highest BCUT2D eigenvalue weighted by Crippen LogP contribution is 2.58. The van der Waals surface area contributed by atoms with Gasteiger partial charge in [-0.2, -0.15) is 5.06 Å². The molecule has 3 saturated heterocycles. The van der Waals surface area contributed by atoms with Crippen LogP contribution in [0.3, 0.4) is 0 Å². The first-order valence-electron chi connectivity index (χ1n) is 23.0. The van der Waals surface area contributed by atoms with Crippen molar-refractivity contribution in [1.82, 2.24) is 20.6 Å². The van der Waals surface area contributed by atoms with E-state index in [1.54, 1.807) is 70.3 Å². The number of ether oxygens (including phenoxy) is 4. The van der Waals surface area contributed by atoms with Crippen molar-refractivity contribution < 1.29 is 52.9 Å². The van der Waals surface area contributed by atoms with Crippen LogP contribution in [0.25, 0.3) is 6.08 Å². The summed E-state index contributed by atoms with van der Waals surface area (Å²) in [5.74, 6) is -2.93. The first-order chi connectivity index (χ1) is 30.5. The van der Waals surface area contributed by atoms with Crippen LogP contribution in [0.2, 0.25) is 0 Å². The summed E-state index contributed by atoms with van der Waals surface area (Å²) in [6, 6.07) is 12.5. The van der Waals surface area contributed by atoms with E-state index in [-0.39, 0.29) is 44.9 Å². The zero-order chi connectivity index (χ0) is 46.2. The number of likely N-dealkylation sites (N-methyl/N-ethyl adjacent to an activating group) is 1. The lowest BCUT2D eigenvalue weighted by molar-refractivity contribution is -0.224. The number of carbonyl (C=O) groups excluding carboxylic acids is 5. The molecule has 2 aromatic carbocycles. The minimum Gasteiger partial charge on any atom is -0.460 e. The number of fused-ring (bicyclic) bond motifs is 4. The van der Waals surface area contributed by atoms with E-state index in [1.165, 1.54) is 11.0 Å². The number of hydrogen-bond donors (Lipinski definition) is 3. The third-order valence-corrected chi connectivity index (χ3v) is 12.5. The van der Waals surface area contributed by atoms with Gasteiger partial charge < -0.3 is 39.6 Å². The largest absolute Gasteiger partial charge is 0.460 e. The van der Waals surface area contributed by atoms with Crippen LogP contribution in [-0.2, 0) is 56.1 Å². The number of unbranched alkanes of at least 4 members (excludes halogenated alkanes) is 4. The van der Waals surface area contributed by atoms with Crippen molar-refractivity contribution in [2.24, 2.45) is 5.41 Å². The molecule has 4 fully saturated rings. The van der Waals surface area contributed by atoms with Crippen molar-refractivity contribution in [3.05, 3.63) is 76.9 Å². The second-order valence-electron chi connectivity index (χ2n) is 18.9. The third-order valence-electron chi connectivity index (χ3n) is 12.5. The lowest BCUT2D eigenvalue weighted by Gasteiger charge is -2.48. The van der Waals surface area contributed by atoms with Gasteiger partial charge >= 0.3 is 11.9 Å². The number of hydroxylamine groups is 2. The monoisotopic (exact) mass is 888 g/mol. The summed E-state index contributed by atoms with van der Waals surface area (Å²) in [5, 5.41) is 17.4. The topological polar surface area (TPSA) is 182 Å². The second-order valence-corrected chi connectivity index (χ2v) is 18.9. The van der Waals surface area contributed by atoms with Crippen molar-refractivity contribution >= 4 is 35.7 Å². The minimum absolute atomic E-state index is 0.0224. The molecule has 15 nitrogen and oxygen atoms in total. The molecule has 0 unspecified atom stereocenters. The van der Waals surface area contributed by atoms with Crippen molar-refractivity contribution in [2.75, 3.05) is 20.7 Å². The van der Waals surface area contributed by atoms with Gasteiger partial charge in [-0.1, -0.05) is 75.9 Å². The van der Waals surface area contributed by atoms with Crippen LogP contribution in [-0.4, -0.2) is 113 Å². The highest BCUT2D eigenvalue weighted by molar-refractivity contribution is 5.95. The number of carbonyl (C=O) groups is 5. The number of nitrogens with one attached hydrogen (secondary N) is 2. The molecular weight excluding hydrogens is 821 g/mol. The van der Waals surface area contributed by atoms with Crippen molar-refractivity contribution in [2.45, 2.75) is 166 Å². The van der Waals surface area contributed by atoms with Crippen LogP contribution >= 0.6 is 0 Å². The first-order valence-corrected chi connectivity index (χ1v) is 23.0. The Labute approximate surface area is 377 Å². The Bertz CT molecular complexity index is 2010. The predicted molar refractivity (Wildman–Crippen MR) is 238 cm³/mol. The molecule has 0 aromatic heterocycles. The number of nitrogens with zero attached hydrogens (tertiary/aromatic N) is 2. The van der Waals surface area contributed by atoms with Crippen LogP contribution in [0.5, 0.6) is 0 Å². The Balaban J connectivity index is 1.25. The van der Waals surface area contributed by atoms with Crippen molar-refractivity contribution in [3.63, 3.8) is 0 Å². The highest BCUT2D eigenvalue weighted by Gasteiger charge is 2.76. The van der Waals surface area contributed by atoms with Gasteiger partial charge in [-0.25, -0.2) is 0 Å². The van der Waals surface area contributed by atoms with Gasteiger partial charge in [0.1, 0.15) is 35.4 Å². The summed E-state index contributed by atoms with van der Waals surface area (Å²) in [6.07, 6.45) is 7.81. The summed E-state index contributed by atoms with van der Waals surface area (Å²) in [4.78, 5) is 75.7. The Hall–Kier alpha value is -4.67. The molecule has 2 aromatic rings. The summed E-state index contributed by atoms with van der Waals surface area (Å²) < 4.78 is 25.5. The lowest BCUT2D eigenvalue weighted by Crippen LogP contribution is -2.69. The maximum Gasteiger partial charge on any atom is 0.327 e. The zero-order valence-electron chi connectivity index (χ0n) is 38.6. The Morgan fingerprint density at radius 3 is 2.33 bits per heavy atom. The first kappa shape index (κ1) is 48.8. The molecule has 64 heavy (non-hydrogen) atoms. The third kappa shape index (κ3) is 11.4. The van der Waals surface area contributed by atoms with Crippen LogP contribution in [0, 0.1) is 5.41 Å². The smallest absolute Gasteiger partial charge is 0.327 e. The van der Waals surface area contributed by atoms with Gasteiger partial charge in [0.15, 0.2) is 11.8 Å². The molecule has 3 N–H and O–H groups in total. The molecule has 1 aliphatic carbocycles. The van der Waals surface area contributed by atoms with Gasteiger partial charge in [-0.05, 0) is 74.9 Å². The zero-order valence-corrected chi connectivity index (χ0v) is 38.6. The molecule has 15 heteroatoms. The number of aliphatic hydroxyl groups is 1. The Morgan fingerprint density at radius 1 is 0.969 bits per heavy atom. The Kier molecular flexibility index (Phi) is 16.1. The fourth-order valence-corrected chi connectivity index (χ4v) is 9.32. The summed E-state index contributed by atoms with van der Waals surface area (Å²) in [6.45, 7) is 9.42. The van der Waals surface area contributed by atoms with E-state index in [1.807, 2.05) is 24.3 Å². The quantitative estimate of drug-likeness (QED) is 0.0785. The average Bonchev–Trinajstić information content (AvgIpc) is 3.81. The van der Waals surface area contributed by atoms with Gasteiger partial charge in [0.2, 0.25) is 11.8 Å². The fourth-order valence-electron chi connectivity index (χ4n) is 9.32. The molecule has 1 saturated carbocycles. The van der Waals surface area contributed by atoms with E-state index in [9.17, 15) is 24.3 Å². The molecule has 2 bridgehead atoms. The average molecular weight is 889 g/mol. The SMILES string of the molecule is CCCCCC1(CCCCC)O[C@@H]2[C@H](O1)[C@H]1ON(Cc3cccc(C=CC(=O)N(C)C)c3)[C@H]3C(=O)O[C@@H]2C[C@@]13C(=O)NCc1cccc(C(=O)N[C@H](CO)CCC(=O)OC(C)(C)C)c1. The molecule has 3 aliphatic heterocycles. The molecule has 4 aliphatic rings. The van der Waals surface area contributed by atoms with E-state index < -0.39 is 77.1 Å². The normalized spacial score (nSPS) is 25.1. The molecule has 350 valence electrons. The maximum absolute atomic E-state index is 15.0. The van der Waals surface area contributed by atoms with Crippen LogP contribution in [0.4, 0.5) is 0 Å². The molecule has 0 spiro atoms. The standard InChI is InChI=1S/C49H68N4O11/c1-8-10-12-24-48(25-13-11-9-2)62-40-37-28-49(46(59)50-29-33-17-15-19-35(27-33)44(57)51-36(31-54)21-23-39(56)61-47(3,4)5)42(45(58)60-37)53(64-43(49)41(40)63-48)30-34-18-14-16-32(26-34)20-22-38(55)52(6)7/h14-20,22,26-27,36-37,40-43,54H,8-13,21,23-25,28-31H2,1-7H3,(H,50,59)(H,51,57)/t36-,37+,40-,41-,42-,43+,49-/m0/s1. The van der Waals surface area contributed by atoms with E-state index in [4.69, 9.17) is 23.8 Å². The van der Waals surface area contributed by atoms with Gasteiger partial charge in [-0.15, -0.1) is 0 Å². The number of esters is 2. The predicted octanol–water partition coefficient (Wildman–Crippen LogP) is 5.76. The fraction of sp³-hybridized carbons (Fsp3) is 0.612. The summed E-state index contributed by atoms with van der Waals surface area (Å²) >= 11 is 0. The summed E-state index contributed by atoms with van der Waals surface area (Å²) in [7, 11) is 3.36. The van der Waals surface area contributed by atoms with Gasteiger partial charge in [-0.3, -0.25) is 28.8 Å². The second kappa shape index (κ2) is 21.1. The number of aliphatic hydroxyl groups excluding tert-OH is 1. The molecule has 3 amide bonds. The van der Waals surface area contributed by atoms with Crippen LogP contribution in [0.1, 0.15) is 132 Å². The van der Waals surface area contributed by atoms with E-state index in [0.717, 1.165) is 49.7 Å². The highest BCUT2D eigenvalue weighted by atomic mass is 16.8. The number of rotatable bonds is 21. The van der Waals surface area contributed by atoms with Crippen molar-refractivity contribution in [1.29, 1.82) is 0 Å². The lowest BCUT2D eigenvalue weighted by atomic mass is 9.62. The maximum atomic E-state index is 15.0. The minimum atomic E-state index is -1.42. The van der Waals surface area contributed by atoms with E-state index in [2.05, 4.69) is 24.5 Å². The molecule has 3 heterocycles. The van der Waals surface area contributed by atoms with Gasteiger partial charge in [0, 0.05) is 58.0 Å². The van der Waals surface area contributed by atoms with Gasteiger partial charge in [0.05, 0.1) is 19.2 Å². The molecule has 0 radical (unpaired) electrons. The number of amides is 3.